The summed E-state index contributed by atoms with van der Waals surface area (Å²) in [6, 6.07) is 15.3. The number of hydrogen-bond acceptors (Lipinski definition) is 4. The number of aryl methyl sites for hydroxylation is 2. The summed E-state index contributed by atoms with van der Waals surface area (Å²) in [5.41, 5.74) is 10.2. The first kappa shape index (κ1) is 26.9. The molecule has 0 aromatic heterocycles. The number of halogens is 2. The van der Waals surface area contributed by atoms with Gasteiger partial charge in [-0.25, -0.2) is 0 Å². The average molecular weight is 467 g/mol. The average Bonchev–Trinajstić information content (AvgIpc) is 2.71. The molecule has 2 aromatic carbocycles. The lowest BCUT2D eigenvalue weighted by Gasteiger charge is -2.35. The van der Waals surface area contributed by atoms with Gasteiger partial charge in [-0.15, -0.1) is 24.8 Å². The van der Waals surface area contributed by atoms with Gasteiger partial charge in [0.25, 0.3) is 0 Å². The fourth-order valence-electron chi connectivity index (χ4n) is 3.71. The van der Waals surface area contributed by atoms with E-state index in [9.17, 15) is 9.59 Å². The molecule has 0 radical (unpaired) electrons. The van der Waals surface area contributed by atoms with Gasteiger partial charge in [0.1, 0.15) is 0 Å². The Morgan fingerprint density at radius 2 is 1.52 bits per heavy atom. The number of para-hydroxylation sites is 1. The van der Waals surface area contributed by atoms with Crippen molar-refractivity contribution in [1.82, 2.24) is 9.80 Å². The van der Waals surface area contributed by atoms with Crippen LogP contribution in [0.3, 0.4) is 0 Å². The molecule has 2 amide bonds. The lowest BCUT2D eigenvalue weighted by Crippen LogP contribution is -2.54. The zero-order valence-electron chi connectivity index (χ0n) is 18.0. The molecule has 1 saturated heterocycles. The fourth-order valence-corrected chi connectivity index (χ4v) is 3.71. The Balaban J connectivity index is 0.00000240. The SMILES string of the molecule is Cc1cccc(C)c1NC(=O)CN1CCN(C(=O)C(N)Cc2ccccc2)CC1.Cl.Cl. The summed E-state index contributed by atoms with van der Waals surface area (Å²) in [5.74, 6) is -0.0450. The quantitative estimate of drug-likeness (QED) is 0.685. The maximum Gasteiger partial charge on any atom is 0.239 e. The number of carbonyl (C=O) groups excluding carboxylic acids is 2. The number of benzene rings is 2. The van der Waals surface area contributed by atoms with Crippen molar-refractivity contribution < 1.29 is 9.59 Å². The number of nitrogens with zero attached hydrogens (tertiary/aromatic N) is 2. The number of nitrogens with one attached hydrogen (secondary N) is 1. The Labute approximate surface area is 197 Å². The second kappa shape index (κ2) is 12.7. The van der Waals surface area contributed by atoms with Crippen molar-refractivity contribution >= 4 is 42.3 Å². The van der Waals surface area contributed by atoms with E-state index < -0.39 is 6.04 Å². The predicted octanol–water partition coefficient (Wildman–Crippen LogP) is 2.80. The van der Waals surface area contributed by atoms with E-state index in [4.69, 9.17) is 5.73 Å². The minimum Gasteiger partial charge on any atom is -0.339 e. The highest BCUT2D eigenvalue weighted by atomic mass is 35.5. The van der Waals surface area contributed by atoms with Crippen LogP contribution in [0.4, 0.5) is 5.69 Å². The molecule has 0 bridgehead atoms. The molecule has 1 aliphatic heterocycles. The van der Waals surface area contributed by atoms with Crippen LogP contribution in [-0.2, 0) is 16.0 Å². The summed E-state index contributed by atoms with van der Waals surface area (Å²) in [5, 5.41) is 3.02. The number of anilines is 1. The van der Waals surface area contributed by atoms with Crippen LogP contribution in [0.5, 0.6) is 0 Å². The molecule has 1 heterocycles. The van der Waals surface area contributed by atoms with Crippen LogP contribution in [0.1, 0.15) is 16.7 Å². The molecule has 6 nitrogen and oxygen atoms in total. The largest absolute Gasteiger partial charge is 0.339 e. The molecule has 0 spiro atoms. The molecular formula is C23H32Cl2N4O2. The highest BCUT2D eigenvalue weighted by Gasteiger charge is 2.26. The maximum absolute atomic E-state index is 12.7. The van der Waals surface area contributed by atoms with Crippen LogP contribution in [-0.4, -0.2) is 60.4 Å². The predicted molar refractivity (Wildman–Crippen MR) is 130 cm³/mol. The summed E-state index contributed by atoms with van der Waals surface area (Å²) >= 11 is 0. The first-order valence-corrected chi connectivity index (χ1v) is 10.1. The molecule has 1 aliphatic rings. The van der Waals surface area contributed by atoms with Crippen molar-refractivity contribution in [1.29, 1.82) is 0 Å². The molecule has 0 saturated carbocycles. The van der Waals surface area contributed by atoms with Crippen molar-refractivity contribution in [2.75, 3.05) is 38.0 Å². The number of rotatable bonds is 6. The zero-order valence-corrected chi connectivity index (χ0v) is 19.7. The van der Waals surface area contributed by atoms with Crippen LogP contribution < -0.4 is 11.1 Å². The Kier molecular flexibility index (Phi) is 11.0. The van der Waals surface area contributed by atoms with Gasteiger partial charge >= 0.3 is 0 Å². The summed E-state index contributed by atoms with van der Waals surface area (Å²) < 4.78 is 0. The third kappa shape index (κ3) is 7.51. The van der Waals surface area contributed by atoms with Crippen molar-refractivity contribution in [2.45, 2.75) is 26.3 Å². The monoisotopic (exact) mass is 466 g/mol. The topological polar surface area (TPSA) is 78.7 Å². The molecular weight excluding hydrogens is 435 g/mol. The van der Waals surface area contributed by atoms with E-state index in [0.717, 1.165) is 22.4 Å². The van der Waals surface area contributed by atoms with Crippen LogP contribution in [0, 0.1) is 13.8 Å². The first-order valence-electron chi connectivity index (χ1n) is 10.1. The molecule has 1 atom stereocenters. The highest BCUT2D eigenvalue weighted by Crippen LogP contribution is 2.19. The Hall–Kier alpha value is -2.12. The third-order valence-electron chi connectivity index (χ3n) is 5.41. The normalized spacial score (nSPS) is 14.7. The Morgan fingerprint density at radius 1 is 0.935 bits per heavy atom. The number of piperazine rings is 1. The van der Waals surface area contributed by atoms with Crippen molar-refractivity contribution in [3.8, 4) is 0 Å². The van der Waals surface area contributed by atoms with Gasteiger partial charge in [0.15, 0.2) is 0 Å². The number of carbonyl (C=O) groups is 2. The van der Waals surface area contributed by atoms with Gasteiger partial charge in [-0.3, -0.25) is 14.5 Å². The summed E-state index contributed by atoms with van der Waals surface area (Å²) in [4.78, 5) is 29.0. The van der Waals surface area contributed by atoms with Gasteiger partial charge in [-0.1, -0.05) is 48.5 Å². The minimum atomic E-state index is -0.531. The second-order valence-corrected chi connectivity index (χ2v) is 7.71. The van der Waals surface area contributed by atoms with Crippen molar-refractivity contribution in [3.63, 3.8) is 0 Å². The van der Waals surface area contributed by atoms with Crippen LogP contribution >= 0.6 is 24.8 Å². The maximum atomic E-state index is 12.7. The van der Waals surface area contributed by atoms with Gasteiger partial charge in [-0.2, -0.15) is 0 Å². The minimum absolute atomic E-state index is 0. The lowest BCUT2D eigenvalue weighted by molar-refractivity contribution is -0.134. The number of hydrogen-bond donors (Lipinski definition) is 2. The molecule has 31 heavy (non-hydrogen) atoms. The summed E-state index contributed by atoms with van der Waals surface area (Å²) in [6.45, 7) is 6.84. The van der Waals surface area contributed by atoms with E-state index in [0.29, 0.717) is 39.1 Å². The second-order valence-electron chi connectivity index (χ2n) is 7.71. The molecule has 1 fully saturated rings. The molecule has 8 heteroatoms. The van der Waals surface area contributed by atoms with Crippen molar-refractivity contribution in [2.24, 2.45) is 5.73 Å². The van der Waals surface area contributed by atoms with Crippen LogP contribution in [0.15, 0.2) is 48.5 Å². The van der Waals surface area contributed by atoms with Gasteiger partial charge in [-0.05, 0) is 37.0 Å². The number of amides is 2. The van der Waals surface area contributed by atoms with E-state index in [1.807, 2.05) is 67.3 Å². The highest BCUT2D eigenvalue weighted by molar-refractivity contribution is 5.93. The zero-order chi connectivity index (χ0) is 20.8. The molecule has 3 N–H and O–H groups in total. The van der Waals surface area contributed by atoms with E-state index >= 15 is 0 Å². The van der Waals surface area contributed by atoms with E-state index in [1.54, 1.807) is 0 Å². The standard InChI is InChI=1S/C23H30N4O2.2ClH/c1-17-7-6-8-18(2)22(17)25-21(28)16-26-11-13-27(14-12-26)23(29)20(24)15-19-9-4-3-5-10-19;;/h3-10,20H,11-16,24H2,1-2H3,(H,25,28);2*1H. The number of nitrogens with two attached hydrogens (primary N) is 1. The molecule has 2 aromatic rings. The fraction of sp³-hybridized carbons (Fsp3) is 0.391. The Morgan fingerprint density at radius 3 is 2.10 bits per heavy atom. The summed E-state index contributed by atoms with van der Waals surface area (Å²) in [7, 11) is 0. The molecule has 3 rings (SSSR count). The van der Waals surface area contributed by atoms with Gasteiger partial charge in [0.05, 0.1) is 12.6 Å². The smallest absolute Gasteiger partial charge is 0.239 e. The van der Waals surface area contributed by atoms with E-state index in [-0.39, 0.29) is 36.6 Å². The molecule has 0 aliphatic carbocycles. The van der Waals surface area contributed by atoms with Gasteiger partial charge in [0, 0.05) is 31.9 Å². The lowest BCUT2D eigenvalue weighted by atomic mass is 10.1. The van der Waals surface area contributed by atoms with E-state index in [2.05, 4.69) is 10.2 Å². The molecule has 170 valence electrons. The Bertz CT molecular complexity index is 836. The van der Waals surface area contributed by atoms with Crippen LogP contribution in [0.2, 0.25) is 0 Å². The first-order chi connectivity index (χ1) is 13.9. The summed E-state index contributed by atoms with van der Waals surface area (Å²) in [6.07, 6.45) is 0.540. The van der Waals surface area contributed by atoms with Gasteiger partial charge < -0.3 is 16.0 Å². The van der Waals surface area contributed by atoms with E-state index in [1.165, 1.54) is 0 Å². The van der Waals surface area contributed by atoms with Crippen LogP contribution in [0.25, 0.3) is 0 Å². The van der Waals surface area contributed by atoms with Gasteiger partial charge in [0.2, 0.25) is 11.8 Å². The molecule has 1 unspecified atom stereocenters. The van der Waals surface area contributed by atoms with Crippen molar-refractivity contribution in [3.05, 3.63) is 65.2 Å². The third-order valence-corrected chi connectivity index (χ3v) is 5.41.